The predicted octanol–water partition coefficient (Wildman–Crippen LogP) is 9.80. The molecule has 0 atom stereocenters. The number of thiazole rings is 2. The molecule has 0 saturated heterocycles. The first kappa shape index (κ1) is 25.5. The highest BCUT2D eigenvalue weighted by atomic mass is 32.1. The Labute approximate surface area is 267 Å². The van der Waals surface area contributed by atoms with E-state index in [1.54, 1.807) is 12.4 Å². The van der Waals surface area contributed by atoms with E-state index < -0.39 is 0 Å². The topological polar surface area (TPSA) is 104 Å². The van der Waals surface area contributed by atoms with Crippen LogP contribution in [0.3, 0.4) is 0 Å². The lowest BCUT2D eigenvalue weighted by atomic mass is 10.1. The molecule has 0 unspecified atom stereocenters. The quantitative estimate of drug-likeness (QED) is 0.189. The molecule has 0 aliphatic carbocycles. The normalized spacial score (nSPS) is 11.9. The Morgan fingerprint density at radius 1 is 0.435 bits per heavy atom. The molecule has 10 rings (SSSR count). The molecule has 6 aromatic heterocycles. The molecular weight excluding hydrogens is 613 g/mol. The molecule has 0 spiro atoms. The van der Waals surface area contributed by atoms with Gasteiger partial charge in [-0.2, -0.15) is 0 Å². The van der Waals surface area contributed by atoms with E-state index in [1.165, 1.54) is 22.7 Å². The van der Waals surface area contributed by atoms with Crippen molar-refractivity contribution in [2.24, 2.45) is 0 Å². The molecule has 10 heteroatoms. The molecule has 0 radical (unpaired) electrons. The summed E-state index contributed by atoms with van der Waals surface area (Å²) in [6, 6.07) is 28.4. The van der Waals surface area contributed by atoms with Crippen LogP contribution in [0, 0.1) is 0 Å². The van der Waals surface area contributed by atoms with E-state index in [2.05, 4.69) is 44.2 Å². The van der Waals surface area contributed by atoms with E-state index in [1.807, 2.05) is 73.1 Å². The second-order valence-electron chi connectivity index (χ2n) is 10.9. The molecule has 0 saturated carbocycles. The first-order valence-electron chi connectivity index (χ1n) is 14.5. The summed E-state index contributed by atoms with van der Waals surface area (Å²) >= 11 is 3.06. The van der Waals surface area contributed by atoms with Gasteiger partial charge in [-0.1, -0.05) is 36.4 Å². The minimum atomic E-state index is 0.537. The Hall–Kier alpha value is -5.84. The molecule has 0 bridgehead atoms. The van der Waals surface area contributed by atoms with E-state index in [0.717, 1.165) is 74.5 Å². The van der Waals surface area contributed by atoms with Crippen LogP contribution in [0.15, 0.2) is 119 Å². The van der Waals surface area contributed by atoms with Gasteiger partial charge in [0, 0.05) is 34.3 Å². The Kier molecular flexibility index (Phi) is 5.45. The van der Waals surface area contributed by atoms with Crippen molar-refractivity contribution in [3.8, 4) is 42.7 Å². The number of benzene rings is 4. The Morgan fingerprint density at radius 2 is 0.913 bits per heavy atom. The third-order valence-electron chi connectivity index (χ3n) is 7.96. The van der Waals surface area contributed by atoms with Crippen molar-refractivity contribution >= 4 is 77.5 Å². The van der Waals surface area contributed by atoms with Crippen LogP contribution < -0.4 is 0 Å². The standard InChI is InChI=1S/C36H18N6O2S2/c1-3-7-25-19(5-1)9-23(15-37-25)35-39-17-31(45-35)33-41-27-11-21-14-30-28(12-22(21)13-29(27)43-33)42-34(44-30)32-18-40-36(46-32)24-10-20-6-2-4-8-26(20)38-16-24/h1-18H. The van der Waals surface area contributed by atoms with Gasteiger partial charge in [-0.25, -0.2) is 19.9 Å². The number of pyridine rings is 2. The lowest BCUT2D eigenvalue weighted by molar-refractivity contribution is 0.621. The molecule has 10 aromatic rings. The third kappa shape index (κ3) is 4.19. The highest BCUT2D eigenvalue weighted by molar-refractivity contribution is 7.18. The molecule has 0 N–H and O–H groups in total. The summed E-state index contributed by atoms with van der Waals surface area (Å²) < 4.78 is 12.5. The molecule has 0 fully saturated rings. The number of hydrogen-bond acceptors (Lipinski definition) is 10. The largest absolute Gasteiger partial charge is 0.435 e. The number of aromatic nitrogens is 6. The maximum Gasteiger partial charge on any atom is 0.239 e. The predicted molar refractivity (Wildman–Crippen MR) is 183 cm³/mol. The zero-order valence-electron chi connectivity index (χ0n) is 23.7. The number of nitrogens with zero attached hydrogens (tertiary/aromatic N) is 6. The maximum absolute atomic E-state index is 6.23. The average molecular weight is 631 g/mol. The van der Waals surface area contributed by atoms with Crippen molar-refractivity contribution in [1.29, 1.82) is 0 Å². The number of hydrogen-bond donors (Lipinski definition) is 0. The van der Waals surface area contributed by atoms with Crippen molar-refractivity contribution < 1.29 is 8.83 Å². The van der Waals surface area contributed by atoms with Crippen LogP contribution in [-0.2, 0) is 0 Å². The molecule has 6 heterocycles. The number of para-hydroxylation sites is 2. The number of fused-ring (bicyclic) bond motifs is 5. The highest BCUT2D eigenvalue weighted by Gasteiger charge is 2.17. The first-order valence-corrected chi connectivity index (χ1v) is 16.1. The Bertz CT molecular complexity index is 2540. The maximum atomic E-state index is 6.23. The van der Waals surface area contributed by atoms with E-state index >= 15 is 0 Å². The van der Waals surface area contributed by atoms with Gasteiger partial charge in [-0.05, 0) is 59.3 Å². The summed E-state index contributed by atoms with van der Waals surface area (Å²) in [5.74, 6) is 1.07. The van der Waals surface area contributed by atoms with Gasteiger partial charge in [0.05, 0.1) is 23.4 Å². The molecule has 0 amide bonds. The summed E-state index contributed by atoms with van der Waals surface area (Å²) in [4.78, 5) is 29.8. The summed E-state index contributed by atoms with van der Waals surface area (Å²) in [5, 5.41) is 5.86. The minimum Gasteiger partial charge on any atom is -0.435 e. The first-order chi connectivity index (χ1) is 22.7. The SMILES string of the molecule is c1ccc2ncc(-c3ncc(-c4nc5cc6cc7oc(-c8cnc(-c9cnc%10ccccc%10c9)s8)nc7cc6cc5o4)s3)cc2c1. The molecule has 0 aliphatic rings. The Morgan fingerprint density at radius 3 is 1.41 bits per heavy atom. The Balaban J connectivity index is 0.968. The number of oxazole rings is 2. The van der Waals surface area contributed by atoms with Crippen molar-refractivity contribution in [3.63, 3.8) is 0 Å². The molecule has 216 valence electrons. The van der Waals surface area contributed by atoms with Crippen LogP contribution in [0.5, 0.6) is 0 Å². The monoisotopic (exact) mass is 630 g/mol. The van der Waals surface area contributed by atoms with E-state index in [-0.39, 0.29) is 0 Å². The second kappa shape index (κ2) is 9.83. The van der Waals surface area contributed by atoms with E-state index in [0.29, 0.717) is 22.9 Å². The molecule has 46 heavy (non-hydrogen) atoms. The third-order valence-corrected chi connectivity index (χ3v) is 10.0. The fourth-order valence-electron chi connectivity index (χ4n) is 5.69. The lowest BCUT2D eigenvalue weighted by Crippen LogP contribution is -1.81. The lowest BCUT2D eigenvalue weighted by Gasteiger charge is -1.99. The zero-order valence-corrected chi connectivity index (χ0v) is 25.3. The van der Waals surface area contributed by atoms with E-state index in [4.69, 9.17) is 18.8 Å². The smallest absolute Gasteiger partial charge is 0.239 e. The van der Waals surface area contributed by atoms with Gasteiger partial charge in [0.2, 0.25) is 11.8 Å². The fraction of sp³-hybridized carbons (Fsp3) is 0. The van der Waals surface area contributed by atoms with Crippen LogP contribution in [0.25, 0.3) is 97.5 Å². The minimum absolute atomic E-state index is 0.537. The van der Waals surface area contributed by atoms with E-state index in [9.17, 15) is 0 Å². The van der Waals surface area contributed by atoms with Crippen LogP contribution >= 0.6 is 22.7 Å². The van der Waals surface area contributed by atoms with Crippen molar-refractivity contribution in [3.05, 3.63) is 110 Å². The average Bonchev–Trinajstić information content (AvgIpc) is 3.91. The van der Waals surface area contributed by atoms with Crippen LogP contribution in [0.2, 0.25) is 0 Å². The summed E-state index contributed by atoms with van der Waals surface area (Å²) in [5.41, 5.74) is 6.77. The fourth-order valence-corrected chi connectivity index (χ4v) is 7.34. The van der Waals surface area contributed by atoms with Gasteiger partial charge in [0.1, 0.15) is 30.8 Å². The van der Waals surface area contributed by atoms with Gasteiger partial charge in [0.15, 0.2) is 11.2 Å². The van der Waals surface area contributed by atoms with Crippen LogP contribution in [0.1, 0.15) is 0 Å². The second-order valence-corrected chi connectivity index (χ2v) is 13.0. The summed E-state index contributed by atoms with van der Waals surface area (Å²) in [6.07, 6.45) is 7.32. The number of rotatable bonds is 4. The summed E-state index contributed by atoms with van der Waals surface area (Å²) in [7, 11) is 0. The van der Waals surface area contributed by atoms with Gasteiger partial charge < -0.3 is 8.83 Å². The molecule has 8 nitrogen and oxygen atoms in total. The van der Waals surface area contributed by atoms with Crippen molar-refractivity contribution in [1.82, 2.24) is 29.9 Å². The van der Waals surface area contributed by atoms with Crippen LogP contribution in [0.4, 0.5) is 0 Å². The molecule has 0 aliphatic heterocycles. The summed E-state index contributed by atoms with van der Waals surface area (Å²) in [6.45, 7) is 0. The highest BCUT2D eigenvalue weighted by Crippen LogP contribution is 2.37. The zero-order chi connectivity index (χ0) is 30.2. The van der Waals surface area contributed by atoms with Gasteiger partial charge in [-0.15, -0.1) is 22.7 Å². The van der Waals surface area contributed by atoms with Crippen molar-refractivity contribution in [2.45, 2.75) is 0 Å². The molecule has 4 aromatic carbocycles. The van der Waals surface area contributed by atoms with Gasteiger partial charge >= 0.3 is 0 Å². The van der Waals surface area contributed by atoms with Gasteiger partial charge in [0.25, 0.3) is 0 Å². The van der Waals surface area contributed by atoms with Gasteiger partial charge in [-0.3, -0.25) is 9.97 Å². The van der Waals surface area contributed by atoms with Crippen molar-refractivity contribution in [2.75, 3.05) is 0 Å². The van der Waals surface area contributed by atoms with Crippen LogP contribution in [-0.4, -0.2) is 29.9 Å². The molecular formula is C36H18N6O2S2.